The van der Waals surface area contributed by atoms with E-state index in [-0.39, 0.29) is 24.3 Å². The van der Waals surface area contributed by atoms with Crippen LogP contribution in [0.2, 0.25) is 0 Å². The van der Waals surface area contributed by atoms with Gasteiger partial charge in [0.25, 0.3) is 0 Å². The van der Waals surface area contributed by atoms with Gasteiger partial charge in [-0.3, -0.25) is 9.59 Å². The molecule has 0 heterocycles. The van der Waals surface area contributed by atoms with E-state index >= 15 is 0 Å². The minimum absolute atomic E-state index is 0.0902. The molecular weight excluding hydrogens is 208 g/mol. The monoisotopic (exact) mass is 230 g/mol. The van der Waals surface area contributed by atoms with E-state index in [9.17, 15) is 9.59 Å². The van der Waals surface area contributed by atoms with Gasteiger partial charge >= 0.3 is 5.97 Å². The van der Waals surface area contributed by atoms with E-state index < -0.39 is 0 Å². The Bertz CT molecular complexity index is 219. The van der Waals surface area contributed by atoms with Gasteiger partial charge in [0, 0.05) is 19.0 Å². The van der Waals surface area contributed by atoms with E-state index in [0.717, 1.165) is 12.8 Å². The zero-order chi connectivity index (χ0) is 12.4. The standard InChI is InChI=1S/C11H22N2O3/c1-3-5-9(12)8-10(14)13-7-6-11(15)16-4-2/h9H,3-8,12H2,1-2H3,(H,13,14). The molecule has 5 nitrogen and oxygen atoms in total. The number of amides is 1. The van der Waals surface area contributed by atoms with Crippen molar-refractivity contribution in [1.29, 1.82) is 0 Å². The molecule has 1 amide bonds. The average Bonchev–Trinajstić information content (AvgIpc) is 2.18. The quantitative estimate of drug-likeness (QED) is 0.597. The van der Waals surface area contributed by atoms with Crippen LogP contribution in [0, 0.1) is 0 Å². The summed E-state index contributed by atoms with van der Waals surface area (Å²) >= 11 is 0. The van der Waals surface area contributed by atoms with Gasteiger partial charge in [-0.1, -0.05) is 13.3 Å². The van der Waals surface area contributed by atoms with E-state index in [1.807, 2.05) is 6.92 Å². The molecule has 1 unspecified atom stereocenters. The number of rotatable bonds is 8. The fraction of sp³-hybridized carbons (Fsp3) is 0.818. The second-order valence-corrected chi connectivity index (χ2v) is 3.66. The molecule has 0 saturated heterocycles. The van der Waals surface area contributed by atoms with Gasteiger partial charge in [0.2, 0.25) is 5.91 Å². The van der Waals surface area contributed by atoms with Crippen LogP contribution in [0.1, 0.15) is 39.5 Å². The first-order chi connectivity index (χ1) is 7.60. The van der Waals surface area contributed by atoms with Gasteiger partial charge < -0.3 is 15.8 Å². The van der Waals surface area contributed by atoms with Crippen molar-refractivity contribution in [3.8, 4) is 0 Å². The molecule has 0 rings (SSSR count). The molecule has 0 radical (unpaired) electrons. The third kappa shape index (κ3) is 8.23. The lowest BCUT2D eigenvalue weighted by Crippen LogP contribution is -2.32. The minimum Gasteiger partial charge on any atom is -0.466 e. The van der Waals surface area contributed by atoms with Crippen molar-refractivity contribution < 1.29 is 14.3 Å². The lowest BCUT2D eigenvalue weighted by molar-refractivity contribution is -0.143. The van der Waals surface area contributed by atoms with E-state index in [1.165, 1.54) is 0 Å². The number of hydrogen-bond acceptors (Lipinski definition) is 4. The SMILES string of the molecule is CCCC(N)CC(=O)NCCC(=O)OCC. The first-order valence-corrected chi connectivity index (χ1v) is 5.78. The molecule has 0 saturated carbocycles. The van der Waals surface area contributed by atoms with Crippen LogP contribution in [0.25, 0.3) is 0 Å². The molecule has 5 heteroatoms. The van der Waals surface area contributed by atoms with Crippen LogP contribution in [0.4, 0.5) is 0 Å². The highest BCUT2D eigenvalue weighted by atomic mass is 16.5. The normalized spacial score (nSPS) is 11.9. The Morgan fingerprint density at radius 1 is 1.38 bits per heavy atom. The van der Waals surface area contributed by atoms with Crippen molar-refractivity contribution in [2.45, 2.75) is 45.6 Å². The predicted octanol–water partition coefficient (Wildman–Crippen LogP) is 0.573. The summed E-state index contributed by atoms with van der Waals surface area (Å²) < 4.78 is 4.73. The molecule has 0 aromatic rings. The Labute approximate surface area is 96.7 Å². The van der Waals surface area contributed by atoms with Crippen molar-refractivity contribution in [1.82, 2.24) is 5.32 Å². The molecule has 0 bridgehead atoms. The van der Waals surface area contributed by atoms with Crippen LogP contribution < -0.4 is 11.1 Å². The molecule has 1 atom stereocenters. The average molecular weight is 230 g/mol. The third-order valence-electron chi connectivity index (χ3n) is 2.06. The highest BCUT2D eigenvalue weighted by Crippen LogP contribution is 1.97. The fourth-order valence-corrected chi connectivity index (χ4v) is 1.32. The maximum atomic E-state index is 11.3. The van der Waals surface area contributed by atoms with Crippen LogP contribution >= 0.6 is 0 Å². The van der Waals surface area contributed by atoms with Gasteiger partial charge in [-0.25, -0.2) is 0 Å². The Morgan fingerprint density at radius 3 is 2.62 bits per heavy atom. The van der Waals surface area contributed by atoms with Crippen LogP contribution in [0.15, 0.2) is 0 Å². The summed E-state index contributed by atoms with van der Waals surface area (Å²) in [5.41, 5.74) is 5.71. The van der Waals surface area contributed by atoms with Crippen molar-refractivity contribution in [2.24, 2.45) is 5.73 Å². The van der Waals surface area contributed by atoms with Crippen molar-refractivity contribution in [3.63, 3.8) is 0 Å². The predicted molar refractivity (Wildman–Crippen MR) is 61.8 cm³/mol. The first kappa shape index (κ1) is 14.9. The van der Waals surface area contributed by atoms with Gasteiger partial charge in [0.15, 0.2) is 0 Å². The number of nitrogens with one attached hydrogen (secondary N) is 1. The Morgan fingerprint density at radius 2 is 2.06 bits per heavy atom. The number of hydrogen-bond donors (Lipinski definition) is 2. The number of carbonyl (C=O) groups excluding carboxylic acids is 2. The number of esters is 1. The first-order valence-electron chi connectivity index (χ1n) is 5.78. The van der Waals surface area contributed by atoms with Gasteiger partial charge in [-0.15, -0.1) is 0 Å². The highest BCUT2D eigenvalue weighted by molar-refractivity contribution is 5.77. The van der Waals surface area contributed by atoms with Crippen LogP contribution in [-0.2, 0) is 14.3 Å². The summed E-state index contributed by atoms with van der Waals surface area (Å²) in [6.45, 7) is 4.46. The molecule has 0 aliphatic heterocycles. The Balaban J connectivity index is 3.54. The van der Waals surface area contributed by atoms with Crippen LogP contribution in [-0.4, -0.2) is 31.1 Å². The van der Waals surface area contributed by atoms with Crippen LogP contribution in [0.3, 0.4) is 0 Å². The number of nitrogens with two attached hydrogens (primary N) is 1. The summed E-state index contributed by atoms with van der Waals surface area (Å²) in [5.74, 6) is -0.397. The molecule has 0 aliphatic carbocycles. The third-order valence-corrected chi connectivity index (χ3v) is 2.06. The van der Waals surface area contributed by atoms with E-state index in [1.54, 1.807) is 6.92 Å². The van der Waals surface area contributed by atoms with Crippen molar-refractivity contribution >= 4 is 11.9 Å². The topological polar surface area (TPSA) is 81.4 Å². The molecule has 0 aromatic carbocycles. The molecule has 0 aromatic heterocycles. The van der Waals surface area contributed by atoms with Gasteiger partial charge in [-0.05, 0) is 13.3 Å². The second-order valence-electron chi connectivity index (χ2n) is 3.66. The highest BCUT2D eigenvalue weighted by Gasteiger charge is 2.09. The largest absolute Gasteiger partial charge is 0.466 e. The summed E-state index contributed by atoms with van der Waals surface area (Å²) in [6, 6.07) is -0.0902. The minimum atomic E-state index is -0.291. The lowest BCUT2D eigenvalue weighted by Gasteiger charge is -2.10. The second kappa shape index (κ2) is 9.15. The summed E-state index contributed by atoms with van der Waals surface area (Å²) in [5, 5.41) is 2.64. The van der Waals surface area contributed by atoms with Gasteiger partial charge in [-0.2, -0.15) is 0 Å². The molecule has 3 N–H and O–H groups in total. The maximum Gasteiger partial charge on any atom is 0.307 e. The zero-order valence-electron chi connectivity index (χ0n) is 10.1. The van der Waals surface area contributed by atoms with Crippen LogP contribution in [0.5, 0.6) is 0 Å². The molecular formula is C11H22N2O3. The Kier molecular flexibility index (Phi) is 8.52. The van der Waals surface area contributed by atoms with E-state index in [4.69, 9.17) is 10.5 Å². The van der Waals surface area contributed by atoms with Gasteiger partial charge in [0.05, 0.1) is 13.0 Å². The summed E-state index contributed by atoms with van der Waals surface area (Å²) in [6.07, 6.45) is 2.34. The fourth-order valence-electron chi connectivity index (χ4n) is 1.32. The number of carbonyl (C=O) groups is 2. The molecule has 16 heavy (non-hydrogen) atoms. The summed E-state index contributed by atoms with van der Waals surface area (Å²) in [4.78, 5) is 22.3. The Hall–Kier alpha value is -1.10. The molecule has 0 spiro atoms. The van der Waals surface area contributed by atoms with E-state index in [0.29, 0.717) is 19.6 Å². The smallest absolute Gasteiger partial charge is 0.307 e. The molecule has 0 fully saturated rings. The van der Waals surface area contributed by atoms with Gasteiger partial charge in [0.1, 0.15) is 0 Å². The van der Waals surface area contributed by atoms with Crippen molar-refractivity contribution in [3.05, 3.63) is 0 Å². The molecule has 94 valence electrons. The number of ether oxygens (including phenoxy) is 1. The molecule has 0 aliphatic rings. The van der Waals surface area contributed by atoms with Crippen molar-refractivity contribution in [2.75, 3.05) is 13.2 Å². The lowest BCUT2D eigenvalue weighted by atomic mass is 10.1. The summed E-state index contributed by atoms with van der Waals surface area (Å²) in [7, 11) is 0. The maximum absolute atomic E-state index is 11.3. The zero-order valence-corrected chi connectivity index (χ0v) is 10.1. The van der Waals surface area contributed by atoms with E-state index in [2.05, 4.69) is 5.32 Å².